The van der Waals surface area contributed by atoms with Gasteiger partial charge >= 0.3 is 6.03 Å². The number of carbonyl (C=O) groups is 1. The molecule has 1 unspecified atom stereocenters. The maximum absolute atomic E-state index is 12.4. The molecule has 0 fully saturated rings. The van der Waals surface area contributed by atoms with Gasteiger partial charge in [0.25, 0.3) is 0 Å². The van der Waals surface area contributed by atoms with Crippen LogP contribution in [0.1, 0.15) is 29.5 Å². The van der Waals surface area contributed by atoms with Crippen molar-refractivity contribution in [2.24, 2.45) is 0 Å². The Kier molecular flexibility index (Phi) is 3.88. The van der Waals surface area contributed by atoms with Crippen LogP contribution in [-0.2, 0) is 12.0 Å². The van der Waals surface area contributed by atoms with Crippen molar-refractivity contribution < 1.29 is 4.79 Å². The molecule has 1 N–H and O–H groups in total. The fourth-order valence-electron chi connectivity index (χ4n) is 3.71. The number of benzene rings is 2. The van der Waals surface area contributed by atoms with Crippen LogP contribution in [0.3, 0.4) is 0 Å². The van der Waals surface area contributed by atoms with Gasteiger partial charge in [0.05, 0.1) is 5.54 Å². The van der Waals surface area contributed by atoms with Gasteiger partial charge in [0.2, 0.25) is 0 Å². The number of rotatable bonds is 2. The number of nitrogens with one attached hydrogen (secondary N) is 1. The highest BCUT2D eigenvalue weighted by Crippen LogP contribution is 2.44. The lowest BCUT2D eigenvalue weighted by atomic mass is 9.71. The van der Waals surface area contributed by atoms with Gasteiger partial charge in [-0.1, -0.05) is 54.6 Å². The van der Waals surface area contributed by atoms with E-state index in [0.717, 1.165) is 19.3 Å². The van der Waals surface area contributed by atoms with Gasteiger partial charge in [0.1, 0.15) is 0 Å². The van der Waals surface area contributed by atoms with Crippen LogP contribution in [0.25, 0.3) is 0 Å². The van der Waals surface area contributed by atoms with Crippen molar-refractivity contribution in [1.29, 1.82) is 0 Å². The van der Waals surface area contributed by atoms with E-state index >= 15 is 0 Å². The molecule has 1 aliphatic rings. The summed E-state index contributed by atoms with van der Waals surface area (Å²) in [6, 6.07) is 18.8. The first-order valence-electron chi connectivity index (χ1n) is 7.79. The first-order chi connectivity index (χ1) is 10.7. The lowest BCUT2D eigenvalue weighted by Crippen LogP contribution is -2.52. The zero-order chi connectivity index (χ0) is 15.6. The fraction of sp³-hybridized carbons (Fsp3) is 0.316. The summed E-state index contributed by atoms with van der Waals surface area (Å²) in [6.07, 6.45) is 3.09. The lowest BCUT2D eigenvalue weighted by Gasteiger charge is -2.46. The zero-order valence-corrected chi connectivity index (χ0v) is 13.2. The Bertz CT molecular complexity index is 668. The number of amides is 2. The second-order valence-corrected chi connectivity index (χ2v) is 5.85. The summed E-state index contributed by atoms with van der Waals surface area (Å²) in [5, 5.41) is 2.77. The van der Waals surface area contributed by atoms with Crippen LogP contribution in [0.4, 0.5) is 4.79 Å². The van der Waals surface area contributed by atoms with Gasteiger partial charge in [-0.3, -0.25) is 0 Å². The molecule has 2 aromatic carbocycles. The predicted molar refractivity (Wildman–Crippen MR) is 88.8 cm³/mol. The molecule has 3 rings (SSSR count). The maximum atomic E-state index is 12.4. The number of aryl methyl sites for hydroxylation is 1. The van der Waals surface area contributed by atoms with Gasteiger partial charge in [0.15, 0.2) is 0 Å². The molecule has 2 aromatic rings. The zero-order valence-electron chi connectivity index (χ0n) is 13.2. The molecule has 114 valence electrons. The topological polar surface area (TPSA) is 32.3 Å². The molecule has 0 aliphatic heterocycles. The molecule has 2 amide bonds. The Morgan fingerprint density at radius 3 is 2.50 bits per heavy atom. The van der Waals surface area contributed by atoms with Crippen LogP contribution in [0.5, 0.6) is 0 Å². The SMILES string of the molecule is CNC(=O)N(C)C1(c2ccccc2)CCCc2ccccc21. The molecular formula is C19H22N2O. The first-order valence-corrected chi connectivity index (χ1v) is 7.79. The Morgan fingerprint density at radius 1 is 1.09 bits per heavy atom. The summed E-state index contributed by atoms with van der Waals surface area (Å²) in [6.45, 7) is 0. The minimum absolute atomic E-state index is 0.0550. The smallest absolute Gasteiger partial charge is 0.317 e. The molecule has 22 heavy (non-hydrogen) atoms. The quantitative estimate of drug-likeness (QED) is 0.903. The van der Waals surface area contributed by atoms with Gasteiger partial charge in [-0.15, -0.1) is 0 Å². The van der Waals surface area contributed by atoms with Gasteiger partial charge in [-0.2, -0.15) is 0 Å². The third-order valence-corrected chi connectivity index (χ3v) is 4.79. The molecule has 1 atom stereocenters. The Labute approximate surface area is 132 Å². The van der Waals surface area contributed by atoms with Gasteiger partial charge in [-0.25, -0.2) is 4.79 Å². The van der Waals surface area contributed by atoms with Crippen LogP contribution in [-0.4, -0.2) is 25.0 Å². The number of fused-ring (bicyclic) bond motifs is 1. The highest BCUT2D eigenvalue weighted by Gasteiger charge is 2.43. The predicted octanol–water partition coefficient (Wildman–Crippen LogP) is 3.54. The van der Waals surface area contributed by atoms with Crippen molar-refractivity contribution in [3.05, 3.63) is 71.3 Å². The highest BCUT2D eigenvalue weighted by atomic mass is 16.2. The van der Waals surface area contributed by atoms with E-state index in [1.807, 2.05) is 30.1 Å². The average Bonchev–Trinajstić information content (AvgIpc) is 2.60. The van der Waals surface area contributed by atoms with Crippen LogP contribution in [0.2, 0.25) is 0 Å². The monoisotopic (exact) mass is 294 g/mol. The molecule has 3 heteroatoms. The van der Waals surface area contributed by atoms with E-state index < -0.39 is 5.54 Å². The Hall–Kier alpha value is -2.29. The van der Waals surface area contributed by atoms with E-state index in [2.05, 4.69) is 41.7 Å². The molecule has 3 nitrogen and oxygen atoms in total. The van der Waals surface area contributed by atoms with Crippen LogP contribution in [0, 0.1) is 0 Å². The first kappa shape index (κ1) is 14.6. The van der Waals surface area contributed by atoms with Crippen molar-refractivity contribution in [3.63, 3.8) is 0 Å². The molecule has 0 saturated carbocycles. The van der Waals surface area contributed by atoms with E-state index in [-0.39, 0.29) is 6.03 Å². The number of urea groups is 1. The van der Waals surface area contributed by atoms with E-state index in [1.54, 1.807) is 7.05 Å². The fourth-order valence-corrected chi connectivity index (χ4v) is 3.71. The van der Waals surface area contributed by atoms with E-state index in [0.29, 0.717) is 0 Å². The van der Waals surface area contributed by atoms with Gasteiger partial charge < -0.3 is 10.2 Å². The standard InChI is InChI=1S/C19H22N2O/c1-20-18(22)21(2)19(16-11-4-3-5-12-16)14-8-10-15-9-6-7-13-17(15)19/h3-7,9,11-13H,8,10,14H2,1-2H3,(H,20,22). The molecular weight excluding hydrogens is 272 g/mol. The van der Waals surface area contributed by atoms with Gasteiger partial charge in [-0.05, 0) is 36.0 Å². The van der Waals surface area contributed by atoms with Crippen molar-refractivity contribution in [1.82, 2.24) is 10.2 Å². The van der Waals surface area contributed by atoms with Crippen LogP contribution >= 0.6 is 0 Å². The van der Waals surface area contributed by atoms with Gasteiger partial charge in [0, 0.05) is 14.1 Å². The minimum atomic E-state index is -0.393. The Morgan fingerprint density at radius 2 is 1.77 bits per heavy atom. The van der Waals surface area contributed by atoms with E-state index in [1.165, 1.54) is 16.7 Å². The van der Waals surface area contributed by atoms with Crippen molar-refractivity contribution in [2.75, 3.05) is 14.1 Å². The van der Waals surface area contributed by atoms with E-state index in [4.69, 9.17) is 0 Å². The lowest BCUT2D eigenvalue weighted by molar-refractivity contribution is 0.146. The third kappa shape index (κ3) is 2.17. The van der Waals surface area contributed by atoms with Crippen molar-refractivity contribution in [3.8, 4) is 0 Å². The minimum Gasteiger partial charge on any atom is -0.341 e. The number of hydrogen-bond acceptors (Lipinski definition) is 1. The van der Waals surface area contributed by atoms with E-state index in [9.17, 15) is 4.79 Å². The summed E-state index contributed by atoms with van der Waals surface area (Å²) in [7, 11) is 3.58. The largest absolute Gasteiger partial charge is 0.341 e. The van der Waals surface area contributed by atoms with Crippen molar-refractivity contribution >= 4 is 6.03 Å². The molecule has 0 heterocycles. The Balaban J connectivity index is 2.24. The summed E-state index contributed by atoms with van der Waals surface area (Å²) in [5.41, 5.74) is 3.37. The molecule has 0 spiro atoms. The normalized spacial score (nSPS) is 20.1. The summed E-state index contributed by atoms with van der Waals surface area (Å²) < 4.78 is 0. The van der Waals surface area contributed by atoms with Crippen LogP contribution < -0.4 is 5.32 Å². The van der Waals surface area contributed by atoms with Crippen LogP contribution in [0.15, 0.2) is 54.6 Å². The third-order valence-electron chi connectivity index (χ3n) is 4.79. The second-order valence-electron chi connectivity index (χ2n) is 5.85. The molecule has 1 aliphatic carbocycles. The number of nitrogens with zero attached hydrogens (tertiary/aromatic N) is 1. The summed E-state index contributed by atoms with van der Waals surface area (Å²) in [4.78, 5) is 14.3. The molecule has 0 bridgehead atoms. The number of carbonyl (C=O) groups excluding carboxylic acids is 1. The average molecular weight is 294 g/mol. The molecule has 0 aromatic heterocycles. The molecule has 0 radical (unpaired) electrons. The molecule has 0 saturated heterocycles. The summed E-state index contributed by atoms with van der Waals surface area (Å²) >= 11 is 0. The maximum Gasteiger partial charge on any atom is 0.317 e. The highest BCUT2D eigenvalue weighted by molar-refractivity contribution is 5.76. The second kappa shape index (κ2) is 5.84. The number of hydrogen-bond donors (Lipinski definition) is 1. The van der Waals surface area contributed by atoms with Crippen molar-refractivity contribution in [2.45, 2.75) is 24.8 Å². The summed E-state index contributed by atoms with van der Waals surface area (Å²) in [5.74, 6) is 0.